The SMILES string of the molecule is CCCOc1ccc(C2/C(=C(\O)c3ccc(OCC)cc3)C(=O)C(=O)N2c2nnc(SCc3cccc4ccccc34)s2)cc1OCC. The molecule has 6 rings (SSSR count). The second-order valence-electron chi connectivity index (χ2n) is 10.9. The Labute approximate surface area is 287 Å². The van der Waals surface area contributed by atoms with Gasteiger partial charge in [-0.05, 0) is 78.6 Å². The molecule has 0 spiro atoms. The molecular weight excluding hydrogens is 647 g/mol. The fraction of sp³-hybridized carbons (Fsp3) is 0.243. The second-order valence-corrected chi connectivity index (χ2v) is 13.1. The molecule has 0 radical (unpaired) electrons. The number of aliphatic hydroxyl groups is 1. The van der Waals surface area contributed by atoms with Gasteiger partial charge in [-0.15, -0.1) is 10.2 Å². The van der Waals surface area contributed by atoms with Crippen LogP contribution in [0.1, 0.15) is 49.9 Å². The number of ether oxygens (including phenoxy) is 3. The standard InChI is InChI=1S/C37H35N3O6S2/c1-4-20-46-29-19-16-25(21-30(29)45-6-3)32-31(33(41)24-14-17-27(18-15-24)44-5-2)34(42)35(43)40(32)36-38-39-37(48-36)47-22-26-12-9-11-23-10-7-8-13-28(23)26/h7-19,21,32,41H,4-6,20,22H2,1-3H3/b33-31+. The highest BCUT2D eigenvalue weighted by atomic mass is 32.2. The van der Waals surface area contributed by atoms with Crippen molar-refractivity contribution < 1.29 is 28.9 Å². The highest BCUT2D eigenvalue weighted by Gasteiger charge is 2.48. The largest absolute Gasteiger partial charge is 0.507 e. The number of carbonyl (C=O) groups is 2. The van der Waals surface area contributed by atoms with Crippen LogP contribution >= 0.6 is 23.1 Å². The maximum atomic E-state index is 13.8. The van der Waals surface area contributed by atoms with Crippen LogP contribution in [-0.2, 0) is 15.3 Å². The van der Waals surface area contributed by atoms with Gasteiger partial charge in [-0.1, -0.05) is 78.6 Å². The van der Waals surface area contributed by atoms with Gasteiger partial charge in [-0.2, -0.15) is 0 Å². The zero-order valence-corrected chi connectivity index (χ0v) is 28.5. The number of nitrogens with zero attached hydrogens (tertiary/aromatic N) is 3. The summed E-state index contributed by atoms with van der Waals surface area (Å²) in [6.45, 7) is 7.13. The molecule has 1 N–H and O–H groups in total. The Morgan fingerprint density at radius 3 is 2.42 bits per heavy atom. The number of aliphatic hydroxyl groups excluding tert-OH is 1. The van der Waals surface area contributed by atoms with Gasteiger partial charge < -0.3 is 19.3 Å². The summed E-state index contributed by atoms with van der Waals surface area (Å²) in [7, 11) is 0. The number of carbonyl (C=O) groups excluding carboxylic acids is 2. The van der Waals surface area contributed by atoms with Gasteiger partial charge in [0, 0.05) is 11.3 Å². The molecule has 2 heterocycles. The van der Waals surface area contributed by atoms with Gasteiger partial charge >= 0.3 is 5.91 Å². The van der Waals surface area contributed by atoms with Gasteiger partial charge in [0.2, 0.25) is 5.13 Å². The van der Waals surface area contributed by atoms with E-state index in [4.69, 9.17) is 14.2 Å². The van der Waals surface area contributed by atoms with Crippen molar-refractivity contribution in [3.05, 3.63) is 107 Å². The molecule has 5 aromatic rings. The Morgan fingerprint density at radius 1 is 0.875 bits per heavy atom. The summed E-state index contributed by atoms with van der Waals surface area (Å²) in [5, 5.41) is 22.9. The number of hydrogen-bond acceptors (Lipinski definition) is 10. The van der Waals surface area contributed by atoms with E-state index in [1.807, 2.05) is 39.0 Å². The van der Waals surface area contributed by atoms with E-state index in [0.717, 1.165) is 22.8 Å². The maximum Gasteiger partial charge on any atom is 0.301 e. The van der Waals surface area contributed by atoms with Crippen molar-refractivity contribution in [2.45, 2.75) is 43.3 Å². The molecule has 1 aliphatic heterocycles. The number of Topliss-reactive ketones (excluding diaryl/α,β-unsaturated/α-hetero) is 1. The first-order valence-electron chi connectivity index (χ1n) is 15.8. The van der Waals surface area contributed by atoms with Gasteiger partial charge in [0.05, 0.1) is 31.4 Å². The summed E-state index contributed by atoms with van der Waals surface area (Å²) >= 11 is 2.73. The Morgan fingerprint density at radius 2 is 1.65 bits per heavy atom. The summed E-state index contributed by atoms with van der Waals surface area (Å²) in [6.07, 6.45) is 0.813. The van der Waals surface area contributed by atoms with Crippen molar-refractivity contribution in [2.75, 3.05) is 24.7 Å². The van der Waals surface area contributed by atoms with E-state index < -0.39 is 17.7 Å². The average Bonchev–Trinajstić information content (AvgIpc) is 3.68. The number of benzene rings is 4. The first-order valence-corrected chi connectivity index (χ1v) is 17.6. The lowest BCUT2D eigenvalue weighted by molar-refractivity contribution is -0.132. The monoisotopic (exact) mass is 681 g/mol. The van der Waals surface area contributed by atoms with Crippen LogP contribution in [0, 0.1) is 0 Å². The van der Waals surface area contributed by atoms with Crippen molar-refractivity contribution >= 4 is 56.5 Å². The van der Waals surface area contributed by atoms with Crippen LogP contribution in [0.5, 0.6) is 17.2 Å². The molecule has 246 valence electrons. The maximum absolute atomic E-state index is 13.8. The molecule has 1 saturated heterocycles. The minimum atomic E-state index is -1.00. The normalized spacial score (nSPS) is 15.6. The minimum Gasteiger partial charge on any atom is -0.507 e. The first kappa shape index (κ1) is 33.0. The number of ketones is 1. The average molecular weight is 682 g/mol. The molecule has 1 aromatic heterocycles. The van der Waals surface area contributed by atoms with E-state index in [1.165, 1.54) is 28.0 Å². The van der Waals surface area contributed by atoms with Gasteiger partial charge in [0.25, 0.3) is 5.78 Å². The molecule has 4 aromatic carbocycles. The minimum absolute atomic E-state index is 0.0611. The number of amides is 1. The van der Waals surface area contributed by atoms with E-state index in [-0.39, 0.29) is 16.5 Å². The number of hydrogen-bond donors (Lipinski definition) is 1. The molecule has 48 heavy (non-hydrogen) atoms. The molecule has 11 heteroatoms. The summed E-state index contributed by atoms with van der Waals surface area (Å²) in [4.78, 5) is 28.9. The van der Waals surface area contributed by atoms with Crippen molar-refractivity contribution in [1.82, 2.24) is 10.2 Å². The summed E-state index contributed by atoms with van der Waals surface area (Å²) in [5.41, 5.74) is 2.01. The van der Waals surface area contributed by atoms with Crippen LogP contribution in [0.25, 0.3) is 16.5 Å². The summed E-state index contributed by atoms with van der Waals surface area (Å²) in [6, 6.07) is 25.4. The molecule has 1 aliphatic rings. The van der Waals surface area contributed by atoms with Crippen LogP contribution in [0.4, 0.5) is 5.13 Å². The van der Waals surface area contributed by atoms with Gasteiger partial charge in [-0.3, -0.25) is 14.5 Å². The Kier molecular flexibility index (Phi) is 10.3. The van der Waals surface area contributed by atoms with E-state index in [1.54, 1.807) is 42.5 Å². The molecule has 0 aliphatic carbocycles. The zero-order valence-electron chi connectivity index (χ0n) is 26.8. The van der Waals surface area contributed by atoms with Crippen LogP contribution in [0.3, 0.4) is 0 Å². The first-order chi connectivity index (χ1) is 23.4. The van der Waals surface area contributed by atoms with E-state index in [0.29, 0.717) is 58.3 Å². The quantitative estimate of drug-likeness (QED) is 0.0432. The van der Waals surface area contributed by atoms with Gasteiger partial charge in [-0.25, -0.2) is 0 Å². The topological polar surface area (TPSA) is 111 Å². The highest BCUT2D eigenvalue weighted by molar-refractivity contribution is 8.00. The highest BCUT2D eigenvalue weighted by Crippen LogP contribution is 2.46. The number of fused-ring (bicyclic) bond motifs is 1. The molecule has 1 unspecified atom stereocenters. The van der Waals surface area contributed by atoms with Crippen molar-refractivity contribution in [3.63, 3.8) is 0 Å². The Hall–Kier alpha value is -4.87. The fourth-order valence-electron chi connectivity index (χ4n) is 5.59. The lowest BCUT2D eigenvalue weighted by Crippen LogP contribution is -2.29. The van der Waals surface area contributed by atoms with Crippen molar-refractivity contribution in [2.24, 2.45) is 0 Å². The van der Waals surface area contributed by atoms with Crippen LogP contribution in [0.2, 0.25) is 0 Å². The predicted molar refractivity (Wildman–Crippen MR) is 189 cm³/mol. The summed E-state index contributed by atoms with van der Waals surface area (Å²) < 4.78 is 18.0. The molecule has 1 fully saturated rings. The van der Waals surface area contributed by atoms with Crippen LogP contribution in [0.15, 0.2) is 94.8 Å². The number of aromatic nitrogens is 2. The molecule has 0 saturated carbocycles. The third kappa shape index (κ3) is 6.74. The van der Waals surface area contributed by atoms with Gasteiger partial charge in [0.15, 0.2) is 15.8 Å². The van der Waals surface area contributed by atoms with Crippen LogP contribution in [-0.4, -0.2) is 46.8 Å². The second kappa shape index (κ2) is 14.9. The Balaban J connectivity index is 1.39. The lowest BCUT2D eigenvalue weighted by Gasteiger charge is -2.23. The third-order valence-electron chi connectivity index (χ3n) is 7.76. The van der Waals surface area contributed by atoms with Crippen molar-refractivity contribution in [3.8, 4) is 17.2 Å². The zero-order chi connectivity index (χ0) is 33.6. The smallest absolute Gasteiger partial charge is 0.301 e. The molecule has 1 amide bonds. The van der Waals surface area contributed by atoms with E-state index in [9.17, 15) is 14.7 Å². The molecule has 1 atom stereocenters. The van der Waals surface area contributed by atoms with Gasteiger partial charge in [0.1, 0.15) is 11.5 Å². The number of anilines is 1. The van der Waals surface area contributed by atoms with E-state index >= 15 is 0 Å². The molecule has 9 nitrogen and oxygen atoms in total. The molecule has 0 bridgehead atoms. The number of rotatable bonds is 13. The fourth-order valence-corrected chi connectivity index (χ4v) is 7.46. The molecular formula is C37H35N3O6S2. The predicted octanol–water partition coefficient (Wildman–Crippen LogP) is 8.20. The Bertz CT molecular complexity index is 1970. The van der Waals surface area contributed by atoms with Crippen LogP contribution < -0.4 is 19.1 Å². The lowest BCUT2D eigenvalue weighted by atomic mass is 9.95. The third-order valence-corrected chi connectivity index (χ3v) is 9.87. The summed E-state index contributed by atoms with van der Waals surface area (Å²) in [5.74, 6) is 0.357. The van der Waals surface area contributed by atoms with E-state index in [2.05, 4.69) is 34.5 Å². The van der Waals surface area contributed by atoms with Crippen molar-refractivity contribution in [1.29, 1.82) is 0 Å². The number of thioether (sulfide) groups is 1.